The van der Waals surface area contributed by atoms with Crippen molar-refractivity contribution in [2.24, 2.45) is 11.3 Å². The van der Waals surface area contributed by atoms with E-state index < -0.39 is 10.8 Å². The van der Waals surface area contributed by atoms with Gasteiger partial charge in [-0.25, -0.2) is 4.85 Å². The number of fused-ring (bicyclic) bond motifs is 1. The number of likely N-dealkylation sites (N-methyl/N-ethyl adjacent to an activating group) is 1. The fourth-order valence-electron chi connectivity index (χ4n) is 4.18. The number of ketones is 1. The van der Waals surface area contributed by atoms with Gasteiger partial charge in [0, 0.05) is 19.0 Å². The summed E-state index contributed by atoms with van der Waals surface area (Å²) in [6, 6.07) is 9.56. The maximum atomic E-state index is 13.2. The van der Waals surface area contributed by atoms with Crippen LogP contribution in [0.2, 0.25) is 0 Å². The topological polar surface area (TPSA) is 41.7 Å². The van der Waals surface area contributed by atoms with Gasteiger partial charge in [0.2, 0.25) is 11.6 Å². The van der Waals surface area contributed by atoms with Gasteiger partial charge in [-0.3, -0.25) is 4.79 Å². The van der Waals surface area contributed by atoms with Crippen LogP contribution in [0.4, 0.5) is 0 Å². The van der Waals surface area contributed by atoms with Crippen LogP contribution in [0.15, 0.2) is 42.1 Å². The van der Waals surface area contributed by atoms with E-state index in [2.05, 4.69) is 4.85 Å². The van der Waals surface area contributed by atoms with E-state index in [-0.39, 0.29) is 23.3 Å². The standard InChI is InChI=1S/C19H20N2O2/c1-18(2)15-10-11-21(4)17(23)19(15,12-14(20-3)16(18)22)13-8-6-5-7-9-13/h5-9,12,15H,10-11H2,1-2,4H3/t15-,19+/m1/s1. The number of amides is 1. The number of carbonyl (C=O) groups is 2. The zero-order chi connectivity index (χ0) is 16.8. The molecule has 1 saturated heterocycles. The lowest BCUT2D eigenvalue weighted by atomic mass is 9.52. The van der Waals surface area contributed by atoms with E-state index in [0.29, 0.717) is 6.54 Å². The third-order valence-electron chi connectivity index (χ3n) is 5.43. The van der Waals surface area contributed by atoms with Crippen molar-refractivity contribution in [3.63, 3.8) is 0 Å². The Bertz CT molecular complexity index is 742. The molecule has 0 saturated carbocycles. The van der Waals surface area contributed by atoms with Gasteiger partial charge in [-0.05, 0) is 17.9 Å². The first-order valence-corrected chi connectivity index (χ1v) is 7.82. The highest BCUT2D eigenvalue weighted by Gasteiger charge is 2.59. The van der Waals surface area contributed by atoms with Crippen LogP contribution in [0.3, 0.4) is 0 Å². The van der Waals surface area contributed by atoms with E-state index in [0.717, 1.165) is 12.0 Å². The van der Waals surface area contributed by atoms with Crippen molar-refractivity contribution in [3.8, 4) is 0 Å². The van der Waals surface area contributed by atoms with Gasteiger partial charge in [-0.1, -0.05) is 50.3 Å². The molecule has 0 bridgehead atoms. The summed E-state index contributed by atoms with van der Waals surface area (Å²) in [5, 5.41) is 0. The van der Waals surface area contributed by atoms with Crippen LogP contribution < -0.4 is 0 Å². The molecule has 1 amide bonds. The molecule has 118 valence electrons. The largest absolute Gasteiger partial charge is 0.345 e. The van der Waals surface area contributed by atoms with Gasteiger partial charge in [0.1, 0.15) is 0 Å². The number of allylic oxidation sites excluding steroid dienone is 1. The predicted octanol–water partition coefficient (Wildman–Crippen LogP) is 2.81. The molecule has 3 rings (SSSR count). The second-order valence-electron chi connectivity index (χ2n) is 7.00. The number of piperidine rings is 1. The zero-order valence-corrected chi connectivity index (χ0v) is 13.7. The summed E-state index contributed by atoms with van der Waals surface area (Å²) >= 11 is 0. The molecular weight excluding hydrogens is 288 g/mol. The lowest BCUT2D eigenvalue weighted by Gasteiger charge is -2.53. The van der Waals surface area contributed by atoms with Crippen molar-refractivity contribution in [3.05, 3.63) is 59.1 Å². The highest BCUT2D eigenvalue weighted by atomic mass is 16.2. The first-order valence-electron chi connectivity index (χ1n) is 7.82. The maximum Gasteiger partial charge on any atom is 0.235 e. The second-order valence-corrected chi connectivity index (χ2v) is 7.00. The predicted molar refractivity (Wildman–Crippen MR) is 87.3 cm³/mol. The minimum absolute atomic E-state index is 0.0262. The molecular formula is C19H20N2O2. The van der Waals surface area contributed by atoms with Crippen LogP contribution in [0.1, 0.15) is 25.8 Å². The maximum absolute atomic E-state index is 13.2. The lowest BCUT2D eigenvalue weighted by molar-refractivity contribution is -0.147. The number of hydrogen-bond donors (Lipinski definition) is 0. The van der Waals surface area contributed by atoms with Gasteiger partial charge in [-0.2, -0.15) is 0 Å². The van der Waals surface area contributed by atoms with Crippen LogP contribution in [0.25, 0.3) is 4.85 Å². The normalized spacial score (nSPS) is 29.6. The average molecular weight is 308 g/mol. The summed E-state index contributed by atoms with van der Waals surface area (Å²) in [5.74, 6) is -0.317. The van der Waals surface area contributed by atoms with Crippen molar-refractivity contribution < 1.29 is 9.59 Å². The summed E-state index contributed by atoms with van der Waals surface area (Å²) < 4.78 is 0. The van der Waals surface area contributed by atoms with Crippen LogP contribution in [0.5, 0.6) is 0 Å². The van der Waals surface area contributed by atoms with Crippen molar-refractivity contribution >= 4 is 11.7 Å². The highest BCUT2D eigenvalue weighted by molar-refractivity contribution is 6.06. The third kappa shape index (κ3) is 1.96. The molecule has 4 nitrogen and oxygen atoms in total. The SMILES string of the molecule is [C-]#[N+]C1=C[C@@]2(c3ccccc3)C(=O)N(C)CC[C@@H]2C(C)(C)C1=O. The molecule has 0 N–H and O–H groups in total. The molecule has 0 unspecified atom stereocenters. The van der Waals surface area contributed by atoms with E-state index in [1.165, 1.54) is 0 Å². The van der Waals surface area contributed by atoms with Crippen molar-refractivity contribution in [2.45, 2.75) is 25.7 Å². The minimum Gasteiger partial charge on any atom is -0.345 e. The number of nitrogens with zero attached hydrogens (tertiary/aromatic N) is 2. The smallest absolute Gasteiger partial charge is 0.235 e. The second kappa shape index (κ2) is 5.06. The number of likely N-dealkylation sites (tertiary alicyclic amines) is 1. The monoisotopic (exact) mass is 308 g/mol. The first kappa shape index (κ1) is 15.5. The van der Waals surface area contributed by atoms with E-state index >= 15 is 0 Å². The summed E-state index contributed by atoms with van der Waals surface area (Å²) in [6.07, 6.45) is 2.38. The molecule has 4 heteroatoms. The third-order valence-corrected chi connectivity index (χ3v) is 5.43. The molecule has 1 aromatic rings. The number of Topliss-reactive ketones (excluding diaryl/α,β-unsaturated/α-hetero) is 1. The summed E-state index contributed by atoms with van der Waals surface area (Å²) in [6.45, 7) is 11.8. The van der Waals surface area contributed by atoms with Crippen molar-refractivity contribution in [2.75, 3.05) is 13.6 Å². The fourth-order valence-corrected chi connectivity index (χ4v) is 4.18. The quantitative estimate of drug-likeness (QED) is 0.749. The molecule has 1 aliphatic heterocycles. The van der Waals surface area contributed by atoms with E-state index in [1.807, 2.05) is 44.2 Å². The zero-order valence-electron chi connectivity index (χ0n) is 13.7. The summed E-state index contributed by atoms with van der Waals surface area (Å²) in [5.41, 5.74) is -0.713. The van der Waals surface area contributed by atoms with Crippen molar-refractivity contribution in [1.82, 2.24) is 4.90 Å². The molecule has 0 aromatic heterocycles. The molecule has 1 fully saturated rings. The number of benzene rings is 1. The van der Waals surface area contributed by atoms with Crippen LogP contribution in [-0.4, -0.2) is 30.2 Å². The molecule has 1 aliphatic carbocycles. The first-order chi connectivity index (χ1) is 10.9. The Kier molecular flexibility index (Phi) is 3.40. The average Bonchev–Trinajstić information content (AvgIpc) is 2.55. The Balaban J connectivity index is 2.35. The van der Waals surface area contributed by atoms with Gasteiger partial charge >= 0.3 is 0 Å². The number of carbonyl (C=O) groups excluding carboxylic acids is 2. The Hall–Kier alpha value is -2.41. The Labute approximate surface area is 136 Å². The molecule has 0 radical (unpaired) electrons. The molecule has 0 spiro atoms. The molecule has 1 aromatic carbocycles. The molecule has 1 heterocycles. The molecule has 2 atom stereocenters. The molecule has 23 heavy (non-hydrogen) atoms. The van der Waals surface area contributed by atoms with Crippen LogP contribution in [-0.2, 0) is 15.0 Å². The Morgan fingerprint density at radius 3 is 2.48 bits per heavy atom. The number of rotatable bonds is 1. The lowest BCUT2D eigenvalue weighted by Crippen LogP contribution is -2.61. The van der Waals surface area contributed by atoms with Crippen LogP contribution in [0, 0.1) is 17.9 Å². The van der Waals surface area contributed by atoms with Gasteiger partial charge in [-0.15, -0.1) is 0 Å². The van der Waals surface area contributed by atoms with Gasteiger partial charge in [0.05, 0.1) is 12.0 Å². The van der Waals surface area contributed by atoms with E-state index in [4.69, 9.17) is 6.57 Å². The van der Waals surface area contributed by atoms with Crippen LogP contribution >= 0.6 is 0 Å². The van der Waals surface area contributed by atoms with E-state index in [1.54, 1.807) is 18.0 Å². The summed E-state index contributed by atoms with van der Waals surface area (Å²) in [4.78, 5) is 31.0. The van der Waals surface area contributed by atoms with Gasteiger partial charge in [0.15, 0.2) is 5.78 Å². The van der Waals surface area contributed by atoms with Gasteiger partial charge in [0.25, 0.3) is 0 Å². The fraction of sp³-hybridized carbons (Fsp3) is 0.421. The summed E-state index contributed by atoms with van der Waals surface area (Å²) in [7, 11) is 1.79. The highest BCUT2D eigenvalue weighted by Crippen LogP contribution is 2.54. The van der Waals surface area contributed by atoms with E-state index in [9.17, 15) is 9.59 Å². The van der Waals surface area contributed by atoms with Crippen molar-refractivity contribution in [1.29, 1.82) is 0 Å². The minimum atomic E-state index is -0.925. The number of hydrogen-bond acceptors (Lipinski definition) is 2. The Morgan fingerprint density at radius 1 is 1.22 bits per heavy atom. The molecule has 2 aliphatic rings. The Morgan fingerprint density at radius 2 is 1.87 bits per heavy atom. The van der Waals surface area contributed by atoms with Gasteiger partial charge < -0.3 is 9.69 Å².